The highest BCUT2D eigenvalue weighted by atomic mass is 35.5. The van der Waals surface area contributed by atoms with Crippen LogP contribution in [-0.2, 0) is 6.54 Å². The van der Waals surface area contributed by atoms with Gasteiger partial charge in [0.1, 0.15) is 22.5 Å². The first-order chi connectivity index (χ1) is 12.1. The Balaban J connectivity index is 1.96. The number of nitrogens with zero attached hydrogens (tertiary/aromatic N) is 4. The minimum atomic E-state index is -1.08. The third-order valence-corrected chi connectivity index (χ3v) is 4.11. The third-order valence-electron chi connectivity index (χ3n) is 3.88. The molecule has 0 fully saturated rings. The minimum absolute atomic E-state index is 0.0477. The van der Waals surface area contributed by atoms with E-state index in [0.29, 0.717) is 28.6 Å². The topological polar surface area (TPSA) is 117 Å². The molecule has 1 aromatic carbocycles. The van der Waals surface area contributed by atoms with Crippen molar-refractivity contribution in [3.05, 3.63) is 41.2 Å². The molecule has 0 aliphatic heterocycles. The van der Waals surface area contributed by atoms with Gasteiger partial charge in [0, 0.05) is 16.6 Å². The lowest BCUT2D eigenvalue weighted by molar-refractivity contribution is 0.0699. The van der Waals surface area contributed by atoms with E-state index in [1.807, 2.05) is 6.07 Å². The van der Waals surface area contributed by atoms with Crippen LogP contribution in [0.5, 0.6) is 0 Å². The smallest absolute Gasteiger partial charge is 0.339 e. The van der Waals surface area contributed by atoms with Crippen LogP contribution in [0.4, 0.5) is 0 Å². The summed E-state index contributed by atoms with van der Waals surface area (Å²) in [5, 5.41) is 24.3. The monoisotopic (exact) mass is 357 g/mol. The molecule has 0 atom stereocenters. The van der Waals surface area contributed by atoms with Crippen LogP contribution in [0.1, 0.15) is 10.4 Å². The molecule has 4 rings (SSSR count). The van der Waals surface area contributed by atoms with Gasteiger partial charge in [-0.3, -0.25) is 4.68 Å². The Bertz CT molecular complexity index is 1120. The molecule has 25 heavy (non-hydrogen) atoms. The Morgan fingerprint density at radius 1 is 1.36 bits per heavy atom. The van der Waals surface area contributed by atoms with Crippen LogP contribution < -0.4 is 0 Å². The molecular weight excluding hydrogens is 346 g/mol. The summed E-state index contributed by atoms with van der Waals surface area (Å²) in [6, 6.07) is 5.31. The molecule has 3 aromatic heterocycles. The van der Waals surface area contributed by atoms with Gasteiger partial charge >= 0.3 is 5.97 Å². The van der Waals surface area contributed by atoms with E-state index >= 15 is 0 Å². The quantitative estimate of drug-likeness (QED) is 0.516. The fourth-order valence-electron chi connectivity index (χ4n) is 2.77. The number of nitrogens with one attached hydrogen (secondary N) is 1. The zero-order valence-electron chi connectivity index (χ0n) is 12.8. The summed E-state index contributed by atoms with van der Waals surface area (Å²) in [4.78, 5) is 22.8. The van der Waals surface area contributed by atoms with Crippen LogP contribution in [0, 0.1) is 0 Å². The van der Waals surface area contributed by atoms with Crippen molar-refractivity contribution in [3.63, 3.8) is 0 Å². The van der Waals surface area contributed by atoms with E-state index in [2.05, 4.69) is 20.1 Å². The summed E-state index contributed by atoms with van der Waals surface area (Å²) in [5.41, 5.74) is 2.45. The molecule has 126 valence electrons. The highest BCUT2D eigenvalue weighted by Gasteiger charge is 2.18. The molecular formula is C16H12ClN5O3. The number of benzene rings is 1. The maximum Gasteiger partial charge on any atom is 0.339 e. The molecule has 4 aromatic rings. The van der Waals surface area contributed by atoms with Crippen LogP contribution in [0.2, 0.25) is 5.02 Å². The second-order valence-electron chi connectivity index (χ2n) is 5.42. The first-order valence-corrected chi connectivity index (χ1v) is 7.81. The zero-order valence-corrected chi connectivity index (χ0v) is 13.5. The maximum absolute atomic E-state index is 11.3. The lowest BCUT2D eigenvalue weighted by Gasteiger charge is -1.99. The number of H-pyrrole nitrogens is 1. The van der Waals surface area contributed by atoms with E-state index in [0.717, 1.165) is 10.9 Å². The van der Waals surface area contributed by atoms with E-state index < -0.39 is 5.97 Å². The van der Waals surface area contributed by atoms with E-state index in [1.165, 1.54) is 12.4 Å². The summed E-state index contributed by atoms with van der Waals surface area (Å²) >= 11 is 6.06. The van der Waals surface area contributed by atoms with Crippen molar-refractivity contribution in [2.24, 2.45) is 0 Å². The second-order valence-corrected chi connectivity index (χ2v) is 5.85. The third kappa shape index (κ3) is 2.51. The number of hydrogen-bond donors (Lipinski definition) is 3. The van der Waals surface area contributed by atoms with Crippen LogP contribution in [0.25, 0.3) is 33.5 Å². The molecule has 0 aliphatic rings. The van der Waals surface area contributed by atoms with Gasteiger partial charge in [0.05, 0.1) is 24.9 Å². The second kappa shape index (κ2) is 5.83. The zero-order chi connectivity index (χ0) is 17.6. The van der Waals surface area contributed by atoms with Gasteiger partial charge < -0.3 is 15.2 Å². The van der Waals surface area contributed by atoms with Gasteiger partial charge in [0.2, 0.25) is 0 Å². The number of aromatic nitrogens is 5. The van der Waals surface area contributed by atoms with Crippen molar-refractivity contribution >= 4 is 39.6 Å². The Kier molecular flexibility index (Phi) is 3.63. The SMILES string of the molecule is O=C(O)c1c[nH]c2ncc(-c3nn(CCO)c4cc(Cl)ccc34)nc12. The largest absolute Gasteiger partial charge is 0.478 e. The molecule has 0 aliphatic carbocycles. The predicted octanol–water partition coefficient (Wildman–Crippen LogP) is 2.32. The number of carboxylic acid groups (broad SMARTS) is 1. The van der Waals surface area contributed by atoms with Gasteiger partial charge in [0.15, 0.2) is 5.65 Å². The van der Waals surface area contributed by atoms with Crippen molar-refractivity contribution in [1.82, 2.24) is 24.7 Å². The van der Waals surface area contributed by atoms with E-state index in [1.54, 1.807) is 16.8 Å². The Morgan fingerprint density at radius 3 is 2.96 bits per heavy atom. The minimum Gasteiger partial charge on any atom is -0.478 e. The number of aliphatic hydroxyl groups is 1. The summed E-state index contributed by atoms with van der Waals surface area (Å²) in [5.74, 6) is -1.08. The first kappa shape index (κ1) is 15.6. The molecule has 0 saturated heterocycles. The number of carbonyl (C=O) groups is 1. The van der Waals surface area contributed by atoms with Crippen LogP contribution in [0.15, 0.2) is 30.6 Å². The lowest BCUT2D eigenvalue weighted by atomic mass is 10.1. The fraction of sp³-hybridized carbons (Fsp3) is 0.125. The number of halogens is 1. The molecule has 3 heterocycles. The number of fused-ring (bicyclic) bond motifs is 2. The predicted molar refractivity (Wildman–Crippen MR) is 91.7 cm³/mol. The van der Waals surface area contributed by atoms with Crippen molar-refractivity contribution in [1.29, 1.82) is 0 Å². The average Bonchev–Trinajstić information content (AvgIpc) is 3.16. The molecule has 3 N–H and O–H groups in total. The number of aromatic amines is 1. The highest BCUT2D eigenvalue weighted by molar-refractivity contribution is 6.31. The van der Waals surface area contributed by atoms with Gasteiger partial charge in [0.25, 0.3) is 0 Å². The molecule has 0 unspecified atom stereocenters. The van der Waals surface area contributed by atoms with E-state index in [4.69, 9.17) is 11.6 Å². The molecule has 0 spiro atoms. The van der Waals surface area contributed by atoms with Crippen LogP contribution >= 0.6 is 11.6 Å². The van der Waals surface area contributed by atoms with Gasteiger partial charge in [-0.15, -0.1) is 0 Å². The average molecular weight is 358 g/mol. The molecule has 0 saturated carbocycles. The van der Waals surface area contributed by atoms with Crippen molar-refractivity contribution in [2.45, 2.75) is 6.54 Å². The standard InChI is InChI=1S/C16H12ClN5O3/c17-8-1-2-9-12(5-8)22(3-4-23)21-13(9)11-7-19-15-14(20-11)10(6-18-15)16(24)25/h1-2,5-7,23H,3-4H2,(H,18,19)(H,24,25). The van der Waals surface area contributed by atoms with Crippen molar-refractivity contribution < 1.29 is 15.0 Å². The van der Waals surface area contributed by atoms with Gasteiger partial charge in [-0.2, -0.15) is 5.10 Å². The van der Waals surface area contributed by atoms with Crippen molar-refractivity contribution in [2.75, 3.05) is 6.61 Å². The maximum atomic E-state index is 11.3. The fourth-order valence-corrected chi connectivity index (χ4v) is 2.94. The van der Waals surface area contributed by atoms with Crippen LogP contribution in [-0.4, -0.2) is 47.5 Å². The number of hydrogen-bond acceptors (Lipinski definition) is 5. The lowest BCUT2D eigenvalue weighted by Crippen LogP contribution is -2.03. The van der Waals surface area contributed by atoms with Gasteiger partial charge in [-0.1, -0.05) is 11.6 Å². The van der Waals surface area contributed by atoms with Gasteiger partial charge in [-0.25, -0.2) is 14.8 Å². The summed E-state index contributed by atoms with van der Waals surface area (Å²) < 4.78 is 1.64. The summed E-state index contributed by atoms with van der Waals surface area (Å²) in [6.07, 6.45) is 2.89. The Labute approximate surface area is 145 Å². The van der Waals surface area contributed by atoms with E-state index in [-0.39, 0.29) is 17.7 Å². The molecule has 0 bridgehead atoms. The number of aliphatic hydroxyl groups excluding tert-OH is 1. The molecule has 9 heteroatoms. The van der Waals surface area contributed by atoms with Crippen molar-refractivity contribution in [3.8, 4) is 11.4 Å². The van der Waals surface area contributed by atoms with Gasteiger partial charge in [-0.05, 0) is 18.2 Å². The molecule has 8 nitrogen and oxygen atoms in total. The number of rotatable bonds is 4. The Hall–Kier alpha value is -2.97. The van der Waals surface area contributed by atoms with E-state index in [9.17, 15) is 15.0 Å². The van der Waals surface area contributed by atoms with Crippen LogP contribution in [0.3, 0.4) is 0 Å². The molecule has 0 amide bonds. The normalized spacial score (nSPS) is 11.4. The number of aromatic carboxylic acids is 1. The Morgan fingerprint density at radius 2 is 2.20 bits per heavy atom. The summed E-state index contributed by atoms with van der Waals surface area (Å²) in [7, 11) is 0. The first-order valence-electron chi connectivity index (χ1n) is 7.43. The molecule has 0 radical (unpaired) electrons. The summed E-state index contributed by atoms with van der Waals surface area (Å²) in [6.45, 7) is 0.228. The highest BCUT2D eigenvalue weighted by Crippen LogP contribution is 2.29. The number of carboxylic acids is 1.